The van der Waals surface area contributed by atoms with Crippen LogP contribution in [0.4, 0.5) is 5.69 Å². The fourth-order valence-electron chi connectivity index (χ4n) is 2.23. The van der Waals surface area contributed by atoms with E-state index >= 15 is 0 Å². The number of para-hydroxylation sites is 1. The third kappa shape index (κ3) is 4.23. The fraction of sp³-hybridized carbons (Fsp3) is 0.111. The van der Waals surface area contributed by atoms with Crippen molar-refractivity contribution in [3.8, 4) is 11.5 Å². The fourth-order valence-corrected chi connectivity index (χ4v) is 3.70. The lowest BCUT2D eigenvalue weighted by atomic mass is 10.2. The molecule has 8 heteroatoms. The summed E-state index contributed by atoms with van der Waals surface area (Å²) in [4.78, 5) is 17.1. The van der Waals surface area contributed by atoms with Crippen LogP contribution in [0.2, 0.25) is 5.02 Å². The molecule has 1 aliphatic rings. The predicted octanol–water partition coefficient (Wildman–Crippen LogP) is 5.10. The molecule has 2 aromatic carbocycles. The third-order valence-corrected chi connectivity index (χ3v) is 5.21. The minimum Gasteiger partial charge on any atom is -0.503 e. The van der Waals surface area contributed by atoms with Crippen molar-refractivity contribution < 1.29 is 14.6 Å². The van der Waals surface area contributed by atoms with E-state index in [2.05, 4.69) is 26.2 Å². The number of thioether (sulfide) groups is 1. The molecule has 0 aliphatic carbocycles. The average Bonchev–Trinajstić information content (AvgIpc) is 2.94. The quantitative estimate of drug-likeness (QED) is 0.632. The first-order valence-electron chi connectivity index (χ1n) is 7.67. The lowest BCUT2D eigenvalue weighted by molar-refractivity contribution is -0.115. The van der Waals surface area contributed by atoms with Gasteiger partial charge in [-0.15, -0.1) is 0 Å². The summed E-state index contributed by atoms with van der Waals surface area (Å²) in [5, 5.41) is 13.7. The molecule has 1 amide bonds. The summed E-state index contributed by atoms with van der Waals surface area (Å²) in [5.41, 5.74) is 1.30. The van der Waals surface area contributed by atoms with E-state index in [1.165, 1.54) is 11.8 Å². The van der Waals surface area contributed by atoms with E-state index in [-0.39, 0.29) is 11.7 Å². The van der Waals surface area contributed by atoms with Gasteiger partial charge in [0.05, 0.1) is 26.7 Å². The first kappa shape index (κ1) is 18.8. The number of rotatable bonds is 4. The molecular formula is C18H14BrClN2O3S. The smallest absolute Gasteiger partial charge is 0.264 e. The van der Waals surface area contributed by atoms with Gasteiger partial charge in [0, 0.05) is 0 Å². The SMILES string of the molecule is CCOc1cc(/C=C2\SC(=Nc3ccccc3Cl)NC2=O)cc(Br)c1O. The molecule has 0 radical (unpaired) electrons. The zero-order valence-corrected chi connectivity index (χ0v) is 16.8. The topological polar surface area (TPSA) is 70.9 Å². The van der Waals surface area contributed by atoms with Gasteiger partial charge in [0.25, 0.3) is 5.91 Å². The predicted molar refractivity (Wildman–Crippen MR) is 109 cm³/mol. The number of nitrogens with one attached hydrogen (secondary N) is 1. The number of halogens is 2. The highest BCUT2D eigenvalue weighted by molar-refractivity contribution is 9.10. The van der Waals surface area contributed by atoms with Crippen molar-refractivity contribution in [2.75, 3.05) is 6.61 Å². The Morgan fingerprint density at radius 3 is 2.88 bits per heavy atom. The van der Waals surface area contributed by atoms with Crippen molar-refractivity contribution in [2.24, 2.45) is 4.99 Å². The molecule has 0 saturated carbocycles. The zero-order valence-electron chi connectivity index (χ0n) is 13.6. The molecule has 0 atom stereocenters. The minimum absolute atomic E-state index is 0.0264. The van der Waals surface area contributed by atoms with Gasteiger partial charge in [-0.25, -0.2) is 4.99 Å². The first-order valence-corrected chi connectivity index (χ1v) is 9.66. The van der Waals surface area contributed by atoms with Gasteiger partial charge in [0.2, 0.25) is 0 Å². The molecule has 134 valence electrons. The van der Waals surface area contributed by atoms with Gasteiger partial charge in [0.15, 0.2) is 16.7 Å². The van der Waals surface area contributed by atoms with Gasteiger partial charge in [-0.05, 0) is 70.5 Å². The van der Waals surface area contributed by atoms with E-state index in [1.54, 1.807) is 30.3 Å². The van der Waals surface area contributed by atoms with Crippen molar-refractivity contribution in [1.82, 2.24) is 5.32 Å². The van der Waals surface area contributed by atoms with Crippen LogP contribution in [0.15, 0.2) is 50.8 Å². The molecule has 3 rings (SSSR count). The second kappa shape index (κ2) is 8.16. The molecule has 0 aromatic heterocycles. The van der Waals surface area contributed by atoms with Crippen LogP contribution < -0.4 is 10.1 Å². The van der Waals surface area contributed by atoms with Gasteiger partial charge in [-0.2, -0.15) is 0 Å². The van der Waals surface area contributed by atoms with Crippen LogP contribution >= 0.6 is 39.3 Å². The number of hydrogen-bond donors (Lipinski definition) is 2. The number of aliphatic imine (C=N–C) groups is 1. The van der Waals surface area contributed by atoms with Crippen LogP contribution in [0.1, 0.15) is 12.5 Å². The lowest BCUT2D eigenvalue weighted by Crippen LogP contribution is -2.19. The molecule has 1 saturated heterocycles. The van der Waals surface area contributed by atoms with Gasteiger partial charge in [-0.1, -0.05) is 23.7 Å². The Balaban J connectivity index is 1.89. The van der Waals surface area contributed by atoms with Crippen molar-refractivity contribution in [1.29, 1.82) is 0 Å². The largest absolute Gasteiger partial charge is 0.503 e. The second-order valence-corrected chi connectivity index (χ2v) is 7.51. The Labute approximate surface area is 168 Å². The number of carbonyl (C=O) groups excluding carboxylic acids is 1. The summed E-state index contributed by atoms with van der Waals surface area (Å²) < 4.78 is 5.90. The van der Waals surface area contributed by atoms with Crippen molar-refractivity contribution in [3.05, 3.63) is 56.4 Å². The molecule has 1 aliphatic heterocycles. The number of nitrogens with zero attached hydrogens (tertiary/aromatic N) is 1. The number of phenolic OH excluding ortho intramolecular Hbond substituents is 1. The molecule has 2 aromatic rings. The summed E-state index contributed by atoms with van der Waals surface area (Å²) in [6.45, 7) is 2.25. The normalized spacial score (nSPS) is 17.0. The maximum absolute atomic E-state index is 12.2. The van der Waals surface area contributed by atoms with Crippen LogP contribution in [0, 0.1) is 0 Å². The standard InChI is InChI=1S/C18H14BrClN2O3S/c1-2-25-14-8-10(7-11(19)16(14)23)9-15-17(24)22-18(26-15)21-13-6-4-3-5-12(13)20/h3-9,23H,2H2,1H3,(H,21,22,24)/b15-9-. The number of aromatic hydroxyl groups is 1. The number of amides is 1. The van der Waals surface area contributed by atoms with Crippen LogP contribution in [0.5, 0.6) is 11.5 Å². The van der Waals surface area contributed by atoms with E-state index in [1.807, 2.05) is 19.1 Å². The minimum atomic E-state index is -0.247. The van der Waals surface area contributed by atoms with Crippen molar-refractivity contribution in [2.45, 2.75) is 6.92 Å². The number of phenols is 1. The number of carbonyl (C=O) groups is 1. The first-order chi connectivity index (χ1) is 12.5. The Bertz CT molecular complexity index is 931. The number of benzene rings is 2. The Kier molecular flexibility index (Phi) is 5.90. The van der Waals surface area contributed by atoms with Gasteiger partial charge in [0.1, 0.15) is 0 Å². The number of hydrogen-bond acceptors (Lipinski definition) is 5. The molecule has 0 bridgehead atoms. The lowest BCUT2D eigenvalue weighted by Gasteiger charge is -2.08. The maximum Gasteiger partial charge on any atom is 0.264 e. The van der Waals surface area contributed by atoms with E-state index in [0.29, 0.717) is 37.6 Å². The monoisotopic (exact) mass is 452 g/mol. The Morgan fingerprint density at radius 2 is 2.15 bits per heavy atom. The maximum atomic E-state index is 12.2. The highest BCUT2D eigenvalue weighted by Crippen LogP contribution is 2.37. The number of amidine groups is 1. The Hall–Kier alpha value is -1.96. The van der Waals surface area contributed by atoms with E-state index < -0.39 is 0 Å². The van der Waals surface area contributed by atoms with Crippen LogP contribution in [-0.4, -0.2) is 22.8 Å². The van der Waals surface area contributed by atoms with E-state index in [9.17, 15) is 9.90 Å². The summed E-state index contributed by atoms with van der Waals surface area (Å²) >= 11 is 10.6. The zero-order chi connectivity index (χ0) is 18.7. The summed E-state index contributed by atoms with van der Waals surface area (Å²) in [5.74, 6) is 0.128. The van der Waals surface area contributed by atoms with Crippen LogP contribution in [0.3, 0.4) is 0 Å². The second-order valence-electron chi connectivity index (χ2n) is 5.22. The molecule has 1 fully saturated rings. The Morgan fingerprint density at radius 1 is 1.38 bits per heavy atom. The average molecular weight is 454 g/mol. The molecule has 0 unspecified atom stereocenters. The van der Waals surface area contributed by atoms with E-state index in [0.717, 1.165) is 5.56 Å². The molecule has 5 nitrogen and oxygen atoms in total. The van der Waals surface area contributed by atoms with Gasteiger partial charge < -0.3 is 15.2 Å². The summed E-state index contributed by atoms with van der Waals surface area (Å²) in [6, 6.07) is 10.5. The summed E-state index contributed by atoms with van der Waals surface area (Å²) in [7, 11) is 0. The third-order valence-electron chi connectivity index (χ3n) is 3.37. The van der Waals surface area contributed by atoms with Gasteiger partial charge >= 0.3 is 0 Å². The number of ether oxygens (including phenoxy) is 1. The molecule has 1 heterocycles. The highest BCUT2D eigenvalue weighted by atomic mass is 79.9. The van der Waals surface area contributed by atoms with Crippen LogP contribution in [0.25, 0.3) is 6.08 Å². The van der Waals surface area contributed by atoms with Crippen molar-refractivity contribution in [3.63, 3.8) is 0 Å². The van der Waals surface area contributed by atoms with Crippen LogP contribution in [-0.2, 0) is 4.79 Å². The van der Waals surface area contributed by atoms with Gasteiger partial charge in [-0.3, -0.25) is 4.79 Å². The summed E-state index contributed by atoms with van der Waals surface area (Å²) in [6.07, 6.45) is 1.71. The molecule has 0 spiro atoms. The molecule has 26 heavy (non-hydrogen) atoms. The molecule has 2 N–H and O–H groups in total. The highest BCUT2D eigenvalue weighted by Gasteiger charge is 2.24. The van der Waals surface area contributed by atoms with Crippen molar-refractivity contribution >= 4 is 62.1 Å². The molecular weight excluding hydrogens is 440 g/mol. The van der Waals surface area contributed by atoms with E-state index in [4.69, 9.17) is 16.3 Å².